The monoisotopic (exact) mass is 297 g/mol. The summed E-state index contributed by atoms with van der Waals surface area (Å²) in [5.74, 6) is 0.665. The van der Waals surface area contributed by atoms with Gasteiger partial charge in [-0.2, -0.15) is 5.10 Å². The van der Waals surface area contributed by atoms with Gasteiger partial charge in [0.2, 0.25) is 0 Å². The van der Waals surface area contributed by atoms with Gasteiger partial charge in [-0.15, -0.1) is 0 Å². The smallest absolute Gasteiger partial charge is 0.130 e. The third-order valence-corrected chi connectivity index (χ3v) is 3.88. The van der Waals surface area contributed by atoms with Crippen LogP contribution in [0.5, 0.6) is 0 Å². The van der Waals surface area contributed by atoms with Gasteiger partial charge in [-0.05, 0) is 24.1 Å². The molecule has 0 aliphatic carbocycles. The number of nitrogen functional groups attached to an aromatic ring is 1. The summed E-state index contributed by atoms with van der Waals surface area (Å²) >= 11 is 6.21. The number of nitrogens with zero attached hydrogens (tertiary/aromatic N) is 2. The zero-order valence-corrected chi connectivity index (χ0v) is 12.5. The summed E-state index contributed by atoms with van der Waals surface area (Å²) in [6.07, 6.45) is 0. The van der Waals surface area contributed by atoms with Crippen LogP contribution in [-0.4, -0.2) is 9.78 Å². The normalized spacial score (nSPS) is 10.8. The Labute approximate surface area is 129 Å². The van der Waals surface area contributed by atoms with E-state index in [1.807, 2.05) is 61.5 Å². The predicted octanol–water partition coefficient (Wildman–Crippen LogP) is 4.14. The molecule has 1 aromatic heterocycles. The third kappa shape index (κ3) is 2.65. The number of hydrogen-bond acceptors (Lipinski definition) is 2. The molecule has 0 unspecified atom stereocenters. The molecule has 0 fully saturated rings. The van der Waals surface area contributed by atoms with Crippen LogP contribution < -0.4 is 5.73 Å². The van der Waals surface area contributed by atoms with E-state index in [0.29, 0.717) is 12.4 Å². The fourth-order valence-electron chi connectivity index (χ4n) is 2.47. The third-order valence-electron chi connectivity index (χ3n) is 3.51. The minimum Gasteiger partial charge on any atom is -0.383 e. The van der Waals surface area contributed by atoms with Crippen LogP contribution in [0.2, 0.25) is 5.02 Å². The van der Waals surface area contributed by atoms with Gasteiger partial charge in [0.05, 0.1) is 12.2 Å². The Hall–Kier alpha value is -2.26. The zero-order valence-electron chi connectivity index (χ0n) is 11.8. The standard InChI is InChI=1S/C17H16ClN3/c1-12-16(13-7-3-2-4-8-13)17(19)21(20-12)11-14-9-5-6-10-15(14)18/h2-10H,11,19H2,1H3. The highest BCUT2D eigenvalue weighted by Gasteiger charge is 2.14. The Morgan fingerprint density at radius 3 is 2.43 bits per heavy atom. The molecule has 0 radical (unpaired) electrons. The summed E-state index contributed by atoms with van der Waals surface area (Å²) in [6.45, 7) is 2.54. The molecule has 0 saturated heterocycles. The molecule has 0 aliphatic rings. The summed E-state index contributed by atoms with van der Waals surface area (Å²) in [4.78, 5) is 0. The van der Waals surface area contributed by atoms with Crippen LogP contribution in [-0.2, 0) is 6.54 Å². The first-order valence-electron chi connectivity index (χ1n) is 6.78. The van der Waals surface area contributed by atoms with Crippen LogP contribution in [0.1, 0.15) is 11.3 Å². The number of halogens is 1. The summed E-state index contributed by atoms with van der Waals surface area (Å²) in [5.41, 5.74) is 10.3. The van der Waals surface area contributed by atoms with Crippen molar-refractivity contribution >= 4 is 17.4 Å². The van der Waals surface area contributed by atoms with Gasteiger partial charge >= 0.3 is 0 Å². The molecule has 0 bridgehead atoms. The van der Waals surface area contributed by atoms with Gasteiger partial charge in [0, 0.05) is 10.6 Å². The van der Waals surface area contributed by atoms with E-state index in [1.165, 1.54) is 0 Å². The molecule has 0 spiro atoms. The van der Waals surface area contributed by atoms with E-state index < -0.39 is 0 Å². The highest BCUT2D eigenvalue weighted by Crippen LogP contribution is 2.30. The maximum atomic E-state index is 6.29. The molecule has 0 amide bonds. The van der Waals surface area contributed by atoms with E-state index in [4.69, 9.17) is 17.3 Å². The molecule has 0 saturated carbocycles. The van der Waals surface area contributed by atoms with Gasteiger partial charge in [0.25, 0.3) is 0 Å². The summed E-state index contributed by atoms with van der Waals surface area (Å²) in [7, 11) is 0. The molecule has 3 nitrogen and oxygen atoms in total. The summed E-state index contributed by atoms with van der Waals surface area (Å²) < 4.78 is 1.80. The number of anilines is 1. The molecule has 2 aromatic carbocycles. The van der Waals surface area contributed by atoms with Crippen molar-refractivity contribution in [1.82, 2.24) is 9.78 Å². The lowest BCUT2D eigenvalue weighted by atomic mass is 10.1. The minimum absolute atomic E-state index is 0.569. The predicted molar refractivity (Wildman–Crippen MR) is 87.4 cm³/mol. The first-order valence-corrected chi connectivity index (χ1v) is 7.16. The van der Waals surface area contributed by atoms with Crippen molar-refractivity contribution in [2.24, 2.45) is 0 Å². The molecule has 106 valence electrons. The van der Waals surface area contributed by atoms with Crippen molar-refractivity contribution < 1.29 is 0 Å². The summed E-state index contributed by atoms with van der Waals surface area (Å²) in [6, 6.07) is 17.8. The van der Waals surface area contributed by atoms with Crippen molar-refractivity contribution in [2.45, 2.75) is 13.5 Å². The minimum atomic E-state index is 0.569. The van der Waals surface area contributed by atoms with E-state index in [9.17, 15) is 0 Å². The van der Waals surface area contributed by atoms with Crippen molar-refractivity contribution in [3.63, 3.8) is 0 Å². The molecule has 0 atom stereocenters. The zero-order chi connectivity index (χ0) is 14.8. The molecule has 3 aromatic rings. The molecular formula is C17H16ClN3. The van der Waals surface area contributed by atoms with Crippen LogP contribution in [0.3, 0.4) is 0 Å². The Morgan fingerprint density at radius 1 is 1.05 bits per heavy atom. The lowest BCUT2D eigenvalue weighted by Gasteiger charge is -2.07. The fraction of sp³-hybridized carbons (Fsp3) is 0.118. The topological polar surface area (TPSA) is 43.8 Å². The second-order valence-corrected chi connectivity index (χ2v) is 5.37. The number of benzene rings is 2. The second-order valence-electron chi connectivity index (χ2n) is 4.96. The molecule has 2 N–H and O–H groups in total. The number of aromatic nitrogens is 2. The van der Waals surface area contributed by atoms with Crippen LogP contribution >= 0.6 is 11.6 Å². The first kappa shape index (κ1) is 13.7. The van der Waals surface area contributed by atoms with E-state index in [0.717, 1.165) is 27.4 Å². The SMILES string of the molecule is Cc1nn(Cc2ccccc2Cl)c(N)c1-c1ccccc1. The second kappa shape index (κ2) is 5.62. The van der Waals surface area contributed by atoms with E-state index in [-0.39, 0.29) is 0 Å². The van der Waals surface area contributed by atoms with E-state index in [2.05, 4.69) is 5.10 Å². The highest BCUT2D eigenvalue weighted by molar-refractivity contribution is 6.31. The number of rotatable bonds is 3. The van der Waals surface area contributed by atoms with Gasteiger partial charge in [-0.1, -0.05) is 60.1 Å². The van der Waals surface area contributed by atoms with Crippen LogP contribution in [0.4, 0.5) is 5.82 Å². The van der Waals surface area contributed by atoms with Gasteiger partial charge in [-0.3, -0.25) is 0 Å². The van der Waals surface area contributed by atoms with E-state index in [1.54, 1.807) is 4.68 Å². The molecule has 4 heteroatoms. The largest absolute Gasteiger partial charge is 0.383 e. The Balaban J connectivity index is 2.01. The first-order chi connectivity index (χ1) is 10.2. The van der Waals surface area contributed by atoms with Crippen molar-refractivity contribution in [1.29, 1.82) is 0 Å². The quantitative estimate of drug-likeness (QED) is 0.789. The van der Waals surface area contributed by atoms with Gasteiger partial charge in [0.15, 0.2) is 0 Å². The molecular weight excluding hydrogens is 282 g/mol. The molecule has 3 rings (SSSR count). The van der Waals surface area contributed by atoms with Gasteiger partial charge in [-0.25, -0.2) is 4.68 Å². The number of aryl methyl sites for hydroxylation is 1. The lowest BCUT2D eigenvalue weighted by Crippen LogP contribution is -2.06. The Kier molecular flexibility index (Phi) is 3.67. The molecule has 1 heterocycles. The maximum Gasteiger partial charge on any atom is 0.130 e. The molecule has 0 aliphatic heterocycles. The Bertz CT molecular complexity index is 763. The average molecular weight is 298 g/mol. The van der Waals surface area contributed by atoms with Gasteiger partial charge < -0.3 is 5.73 Å². The van der Waals surface area contributed by atoms with Crippen molar-refractivity contribution in [3.8, 4) is 11.1 Å². The van der Waals surface area contributed by atoms with Gasteiger partial charge in [0.1, 0.15) is 5.82 Å². The molecule has 21 heavy (non-hydrogen) atoms. The van der Waals surface area contributed by atoms with Crippen LogP contribution in [0.25, 0.3) is 11.1 Å². The highest BCUT2D eigenvalue weighted by atomic mass is 35.5. The fourth-order valence-corrected chi connectivity index (χ4v) is 2.66. The van der Waals surface area contributed by atoms with E-state index >= 15 is 0 Å². The summed E-state index contributed by atoms with van der Waals surface area (Å²) in [5, 5.41) is 5.28. The Morgan fingerprint density at radius 2 is 1.71 bits per heavy atom. The van der Waals surface area contributed by atoms with Crippen LogP contribution in [0, 0.1) is 6.92 Å². The number of nitrogens with two attached hydrogens (primary N) is 1. The van der Waals surface area contributed by atoms with Crippen molar-refractivity contribution in [2.75, 3.05) is 5.73 Å². The number of hydrogen-bond donors (Lipinski definition) is 1. The maximum absolute atomic E-state index is 6.29. The lowest BCUT2D eigenvalue weighted by molar-refractivity contribution is 0.689. The van der Waals surface area contributed by atoms with Crippen LogP contribution in [0.15, 0.2) is 54.6 Å². The van der Waals surface area contributed by atoms with Crippen molar-refractivity contribution in [3.05, 3.63) is 70.9 Å². The average Bonchev–Trinajstić information content (AvgIpc) is 2.77.